The van der Waals surface area contributed by atoms with Crippen LogP contribution in [0.4, 0.5) is 5.69 Å². The predicted octanol–water partition coefficient (Wildman–Crippen LogP) is 6.81. The minimum atomic E-state index is -0.266. The van der Waals surface area contributed by atoms with E-state index in [2.05, 4.69) is 26.3 Å². The summed E-state index contributed by atoms with van der Waals surface area (Å²) < 4.78 is 13.9. The van der Waals surface area contributed by atoms with Crippen molar-refractivity contribution in [2.75, 3.05) is 18.5 Å². The van der Waals surface area contributed by atoms with Crippen molar-refractivity contribution in [3.63, 3.8) is 0 Å². The van der Waals surface area contributed by atoms with Gasteiger partial charge >= 0.3 is 0 Å². The number of amides is 1. The van der Waals surface area contributed by atoms with Gasteiger partial charge in [0.15, 0.2) is 18.1 Å². The number of carbonyl (C=O) groups is 1. The quantitative estimate of drug-likeness (QED) is 0.208. The number of hydrogen-bond acceptors (Lipinski definition) is 6. The van der Waals surface area contributed by atoms with Crippen molar-refractivity contribution in [1.82, 2.24) is 9.66 Å². The molecular formula is C32H33BrN4O4. The Labute approximate surface area is 247 Å². The number of anilines is 1. The van der Waals surface area contributed by atoms with E-state index < -0.39 is 0 Å². The second-order valence-electron chi connectivity index (χ2n) is 10.1. The maximum atomic E-state index is 13.6. The second-order valence-corrected chi connectivity index (χ2v) is 11.0. The molecule has 1 aliphatic carbocycles. The van der Waals surface area contributed by atoms with Crippen molar-refractivity contribution in [3.05, 3.63) is 92.4 Å². The van der Waals surface area contributed by atoms with Gasteiger partial charge < -0.3 is 14.8 Å². The van der Waals surface area contributed by atoms with Crippen molar-refractivity contribution < 1.29 is 14.3 Å². The number of benzene rings is 3. The molecule has 0 atom stereocenters. The van der Waals surface area contributed by atoms with Crippen molar-refractivity contribution in [3.8, 4) is 11.5 Å². The van der Waals surface area contributed by atoms with Crippen LogP contribution in [-0.4, -0.2) is 35.0 Å². The summed E-state index contributed by atoms with van der Waals surface area (Å²) in [5, 5.41) is 8.01. The molecule has 1 N–H and O–H groups in total. The van der Waals surface area contributed by atoms with Gasteiger partial charge in [-0.1, -0.05) is 53.4 Å². The zero-order chi connectivity index (χ0) is 28.8. The lowest BCUT2D eigenvalue weighted by atomic mass is 9.88. The Morgan fingerprint density at radius 1 is 1.07 bits per heavy atom. The molecule has 1 aliphatic rings. The molecule has 41 heavy (non-hydrogen) atoms. The summed E-state index contributed by atoms with van der Waals surface area (Å²) in [4.78, 5) is 31.0. The molecule has 0 spiro atoms. The molecule has 5 rings (SSSR count). The van der Waals surface area contributed by atoms with E-state index in [-0.39, 0.29) is 24.0 Å². The largest absolute Gasteiger partial charge is 0.490 e. The van der Waals surface area contributed by atoms with Crippen LogP contribution in [0.3, 0.4) is 0 Å². The first kappa shape index (κ1) is 28.5. The molecular weight excluding hydrogens is 584 g/mol. The third-order valence-corrected chi connectivity index (χ3v) is 7.66. The Morgan fingerprint density at radius 2 is 1.88 bits per heavy atom. The highest BCUT2D eigenvalue weighted by Crippen LogP contribution is 2.32. The van der Waals surface area contributed by atoms with Crippen LogP contribution in [0.5, 0.6) is 11.5 Å². The van der Waals surface area contributed by atoms with Crippen molar-refractivity contribution in [2.45, 2.75) is 51.9 Å². The van der Waals surface area contributed by atoms with Gasteiger partial charge in [-0.05, 0) is 80.3 Å². The van der Waals surface area contributed by atoms with Gasteiger partial charge in [0.1, 0.15) is 5.82 Å². The summed E-state index contributed by atoms with van der Waals surface area (Å²) in [7, 11) is 0. The molecule has 1 saturated carbocycles. The monoisotopic (exact) mass is 616 g/mol. The van der Waals surface area contributed by atoms with E-state index in [9.17, 15) is 9.59 Å². The SMILES string of the molecule is CCOc1cc(C=Nn2c(C3CCCCC3)nc3ccc(Br)cc3c2=O)ccc1OCC(=O)Nc1ccccc1C. The number of hydrogen-bond donors (Lipinski definition) is 1. The number of fused-ring (bicyclic) bond motifs is 1. The predicted molar refractivity (Wildman–Crippen MR) is 165 cm³/mol. The van der Waals surface area contributed by atoms with Crippen LogP contribution in [0.2, 0.25) is 0 Å². The lowest BCUT2D eigenvalue weighted by Crippen LogP contribution is -2.25. The zero-order valence-corrected chi connectivity index (χ0v) is 24.8. The Hall–Kier alpha value is -3.98. The van der Waals surface area contributed by atoms with Gasteiger partial charge in [0.2, 0.25) is 0 Å². The second kappa shape index (κ2) is 13.1. The molecule has 1 amide bonds. The maximum Gasteiger partial charge on any atom is 0.282 e. The van der Waals surface area contributed by atoms with E-state index in [4.69, 9.17) is 14.5 Å². The van der Waals surface area contributed by atoms with E-state index in [1.165, 1.54) is 11.1 Å². The van der Waals surface area contributed by atoms with Crippen molar-refractivity contribution in [2.24, 2.45) is 5.10 Å². The highest BCUT2D eigenvalue weighted by molar-refractivity contribution is 9.10. The van der Waals surface area contributed by atoms with Gasteiger partial charge in [0.25, 0.3) is 11.5 Å². The number of para-hydroxylation sites is 1. The van der Waals surface area contributed by atoms with E-state index in [1.807, 2.05) is 56.3 Å². The smallest absolute Gasteiger partial charge is 0.282 e. The Balaban J connectivity index is 1.40. The number of aryl methyl sites for hydroxylation is 1. The molecule has 1 aromatic heterocycles. The molecule has 0 radical (unpaired) electrons. The van der Waals surface area contributed by atoms with E-state index >= 15 is 0 Å². The highest BCUT2D eigenvalue weighted by atomic mass is 79.9. The van der Waals surface area contributed by atoms with Crippen LogP contribution < -0.4 is 20.3 Å². The number of nitrogens with one attached hydrogen (secondary N) is 1. The molecule has 1 fully saturated rings. The number of nitrogens with zero attached hydrogens (tertiary/aromatic N) is 3. The van der Waals surface area contributed by atoms with Crippen LogP contribution in [0.15, 0.2) is 75.0 Å². The molecule has 0 bridgehead atoms. The molecule has 4 aromatic rings. The first-order valence-electron chi connectivity index (χ1n) is 13.9. The van der Waals surface area contributed by atoms with Gasteiger partial charge in [0.05, 0.1) is 23.7 Å². The Morgan fingerprint density at radius 3 is 2.66 bits per heavy atom. The fourth-order valence-corrected chi connectivity index (χ4v) is 5.42. The first-order valence-corrected chi connectivity index (χ1v) is 14.7. The molecule has 0 unspecified atom stereocenters. The standard InChI is InChI=1S/C32H33BrN4O4/c1-3-40-29-17-22(13-16-28(29)41-20-30(38)35-26-12-8-7-9-21(26)2)19-34-37-31(23-10-5-4-6-11-23)36-27-15-14-24(33)18-25(27)32(37)39/h7-9,12-19,23H,3-6,10-11,20H2,1-2H3,(H,35,38). The summed E-state index contributed by atoms with van der Waals surface area (Å²) in [6.07, 6.45) is 7.04. The minimum absolute atomic E-state index is 0.166. The molecule has 0 saturated heterocycles. The number of aromatic nitrogens is 2. The zero-order valence-electron chi connectivity index (χ0n) is 23.2. The molecule has 212 valence electrons. The van der Waals surface area contributed by atoms with Crippen LogP contribution in [0.25, 0.3) is 10.9 Å². The lowest BCUT2D eigenvalue weighted by molar-refractivity contribution is -0.118. The van der Waals surface area contributed by atoms with Gasteiger partial charge in [-0.15, -0.1) is 0 Å². The fourth-order valence-electron chi connectivity index (χ4n) is 5.06. The molecule has 3 aromatic carbocycles. The van der Waals surface area contributed by atoms with Crippen LogP contribution in [-0.2, 0) is 4.79 Å². The minimum Gasteiger partial charge on any atom is -0.490 e. The van der Waals surface area contributed by atoms with Crippen molar-refractivity contribution >= 4 is 44.6 Å². The number of carbonyl (C=O) groups excluding carboxylic acids is 1. The van der Waals surface area contributed by atoms with Gasteiger partial charge in [0, 0.05) is 16.1 Å². The Bertz CT molecular complexity index is 1640. The number of ether oxygens (including phenoxy) is 2. The van der Waals surface area contributed by atoms with Crippen LogP contribution in [0.1, 0.15) is 61.9 Å². The number of halogens is 1. The lowest BCUT2D eigenvalue weighted by Gasteiger charge is -2.22. The van der Waals surface area contributed by atoms with Gasteiger partial charge in [-0.2, -0.15) is 9.78 Å². The van der Waals surface area contributed by atoms with Crippen molar-refractivity contribution in [1.29, 1.82) is 0 Å². The third-order valence-electron chi connectivity index (χ3n) is 7.17. The molecule has 9 heteroatoms. The van der Waals surface area contributed by atoms with E-state index in [0.29, 0.717) is 34.8 Å². The third kappa shape index (κ3) is 6.85. The van der Waals surface area contributed by atoms with Gasteiger partial charge in [-0.3, -0.25) is 9.59 Å². The summed E-state index contributed by atoms with van der Waals surface area (Å²) in [6.45, 7) is 4.06. The van der Waals surface area contributed by atoms with Crippen LogP contribution in [0, 0.1) is 6.92 Å². The number of rotatable bonds is 9. The summed E-state index contributed by atoms with van der Waals surface area (Å²) in [6, 6.07) is 18.5. The molecule has 0 aliphatic heterocycles. The topological polar surface area (TPSA) is 94.8 Å². The maximum absolute atomic E-state index is 13.6. The van der Waals surface area contributed by atoms with E-state index in [0.717, 1.165) is 47.0 Å². The summed E-state index contributed by atoms with van der Waals surface area (Å²) in [5.74, 6) is 1.55. The average Bonchev–Trinajstić information content (AvgIpc) is 2.98. The summed E-state index contributed by atoms with van der Waals surface area (Å²) >= 11 is 3.47. The normalized spacial score (nSPS) is 13.9. The summed E-state index contributed by atoms with van der Waals surface area (Å²) in [5.41, 5.74) is 2.92. The molecule has 1 heterocycles. The molecule has 8 nitrogen and oxygen atoms in total. The fraction of sp³-hybridized carbons (Fsp3) is 0.312. The van der Waals surface area contributed by atoms with Gasteiger partial charge in [-0.25, -0.2) is 4.98 Å². The average molecular weight is 618 g/mol. The Kier molecular flexibility index (Phi) is 9.14. The van der Waals surface area contributed by atoms with E-state index in [1.54, 1.807) is 24.4 Å². The highest BCUT2D eigenvalue weighted by Gasteiger charge is 2.22. The first-order chi connectivity index (χ1) is 19.9. The van der Waals surface area contributed by atoms with Crippen LogP contribution >= 0.6 is 15.9 Å².